The molecule has 0 saturated carbocycles. The number of methoxy groups -OCH3 is 1. The van der Waals surface area contributed by atoms with Crippen molar-refractivity contribution in [3.8, 4) is 0 Å². The normalized spacial score (nSPS) is 17.3. The second-order valence-corrected chi connectivity index (χ2v) is 1.56. The first-order valence-electron chi connectivity index (χ1n) is 2.54. The van der Waals surface area contributed by atoms with Crippen LogP contribution in [0.25, 0.3) is 0 Å². The molecular weight excluding hydrogens is 124 g/mol. The minimum Gasteiger partial charge on any atom is -0.377 e. The van der Waals surface area contributed by atoms with Crippen molar-refractivity contribution in [1.29, 1.82) is 0 Å². The van der Waals surface area contributed by atoms with E-state index >= 15 is 0 Å². The smallest absolute Gasteiger partial charge is 0.213 e. The Morgan fingerprint density at radius 2 is 2.22 bits per heavy atom. The van der Waals surface area contributed by atoms with Crippen LogP contribution in [-0.2, 0) is 4.74 Å². The SMILES string of the molecule is COC(O)NCC(N)O. The van der Waals surface area contributed by atoms with Crippen LogP contribution in [0.2, 0.25) is 0 Å². The third kappa shape index (κ3) is 5.67. The molecule has 0 aliphatic carbocycles. The first kappa shape index (κ1) is 8.80. The quantitative estimate of drug-likeness (QED) is 0.329. The van der Waals surface area contributed by atoms with Gasteiger partial charge in [-0.25, -0.2) is 0 Å². The van der Waals surface area contributed by atoms with E-state index in [4.69, 9.17) is 15.9 Å². The molecule has 2 unspecified atom stereocenters. The summed E-state index contributed by atoms with van der Waals surface area (Å²) < 4.78 is 4.38. The Morgan fingerprint density at radius 3 is 2.56 bits per heavy atom. The van der Waals surface area contributed by atoms with Crippen molar-refractivity contribution in [1.82, 2.24) is 5.32 Å². The summed E-state index contributed by atoms with van der Waals surface area (Å²) in [6, 6.07) is 0. The Kier molecular flexibility index (Phi) is 4.55. The molecule has 0 heterocycles. The fourth-order valence-electron chi connectivity index (χ4n) is 0.305. The summed E-state index contributed by atoms with van der Waals surface area (Å²) in [5, 5.41) is 19.4. The third-order valence-corrected chi connectivity index (χ3v) is 0.725. The Balaban J connectivity index is 3.06. The van der Waals surface area contributed by atoms with Gasteiger partial charge in [0.2, 0.25) is 6.41 Å². The standard InChI is InChI=1S/C4H12N2O3/c1-9-4(8)6-2-3(5)7/h3-4,6-8H,2,5H2,1H3. The van der Waals surface area contributed by atoms with Gasteiger partial charge < -0.3 is 20.7 Å². The number of hydrogen-bond donors (Lipinski definition) is 4. The van der Waals surface area contributed by atoms with Crippen LogP contribution in [0.3, 0.4) is 0 Å². The number of hydrogen-bond acceptors (Lipinski definition) is 5. The van der Waals surface area contributed by atoms with E-state index in [9.17, 15) is 0 Å². The summed E-state index contributed by atoms with van der Waals surface area (Å²) >= 11 is 0. The van der Waals surface area contributed by atoms with Gasteiger partial charge in [0.15, 0.2) is 0 Å². The number of ether oxygens (including phenoxy) is 1. The Labute approximate surface area is 53.4 Å². The van der Waals surface area contributed by atoms with Gasteiger partial charge in [-0.3, -0.25) is 5.32 Å². The molecule has 5 N–H and O–H groups in total. The van der Waals surface area contributed by atoms with Crippen molar-refractivity contribution in [3.63, 3.8) is 0 Å². The van der Waals surface area contributed by atoms with Gasteiger partial charge in [-0.2, -0.15) is 0 Å². The molecule has 56 valence electrons. The molecule has 0 saturated heterocycles. The van der Waals surface area contributed by atoms with Crippen LogP contribution < -0.4 is 11.1 Å². The second kappa shape index (κ2) is 4.66. The molecule has 0 aromatic rings. The van der Waals surface area contributed by atoms with Gasteiger partial charge in [0.25, 0.3) is 0 Å². The van der Waals surface area contributed by atoms with Crippen LogP contribution in [0, 0.1) is 0 Å². The maximum atomic E-state index is 8.61. The molecule has 9 heavy (non-hydrogen) atoms. The summed E-state index contributed by atoms with van der Waals surface area (Å²) in [7, 11) is 1.33. The Hall–Kier alpha value is -0.200. The molecule has 2 atom stereocenters. The monoisotopic (exact) mass is 136 g/mol. The highest BCUT2D eigenvalue weighted by Gasteiger charge is 2.00. The summed E-state index contributed by atoms with van der Waals surface area (Å²) in [6.45, 7) is 0.106. The van der Waals surface area contributed by atoms with E-state index in [1.807, 2.05) is 0 Å². The molecule has 0 aliphatic heterocycles. The maximum absolute atomic E-state index is 8.61. The molecule has 0 rings (SSSR count). The van der Waals surface area contributed by atoms with Crippen molar-refractivity contribution >= 4 is 0 Å². The fraction of sp³-hybridized carbons (Fsp3) is 1.00. The van der Waals surface area contributed by atoms with Gasteiger partial charge in [-0.05, 0) is 0 Å². The van der Waals surface area contributed by atoms with E-state index in [0.29, 0.717) is 0 Å². The molecule has 0 aromatic carbocycles. The lowest BCUT2D eigenvalue weighted by Gasteiger charge is -2.10. The summed E-state index contributed by atoms with van der Waals surface area (Å²) in [5.74, 6) is 0. The van der Waals surface area contributed by atoms with Crippen LogP contribution in [-0.4, -0.2) is 36.5 Å². The van der Waals surface area contributed by atoms with Crippen LogP contribution in [0.4, 0.5) is 0 Å². The molecule has 0 spiro atoms. The topological polar surface area (TPSA) is 87.7 Å². The summed E-state index contributed by atoms with van der Waals surface area (Å²) in [6.07, 6.45) is -2.02. The second-order valence-electron chi connectivity index (χ2n) is 1.56. The van der Waals surface area contributed by atoms with Gasteiger partial charge in [0.1, 0.15) is 6.23 Å². The van der Waals surface area contributed by atoms with E-state index in [0.717, 1.165) is 0 Å². The molecule has 0 fully saturated rings. The van der Waals surface area contributed by atoms with Gasteiger partial charge in [-0.15, -0.1) is 0 Å². The van der Waals surface area contributed by atoms with Crippen molar-refractivity contribution in [3.05, 3.63) is 0 Å². The van der Waals surface area contributed by atoms with Gasteiger partial charge in [-0.1, -0.05) is 0 Å². The van der Waals surface area contributed by atoms with Crippen LogP contribution in [0.15, 0.2) is 0 Å². The average Bonchev–Trinajstić information content (AvgIpc) is 1.83. The van der Waals surface area contributed by atoms with Crippen LogP contribution >= 0.6 is 0 Å². The van der Waals surface area contributed by atoms with Gasteiger partial charge >= 0.3 is 0 Å². The van der Waals surface area contributed by atoms with Crippen LogP contribution in [0.5, 0.6) is 0 Å². The molecule has 0 amide bonds. The molecule has 0 aliphatic rings. The highest BCUT2D eigenvalue weighted by atomic mass is 16.6. The lowest BCUT2D eigenvalue weighted by atomic mass is 10.6. The van der Waals surface area contributed by atoms with E-state index in [-0.39, 0.29) is 6.54 Å². The van der Waals surface area contributed by atoms with Crippen molar-refractivity contribution < 1.29 is 14.9 Å². The molecule has 0 radical (unpaired) electrons. The predicted molar refractivity (Wildman–Crippen MR) is 31.2 cm³/mol. The summed E-state index contributed by atoms with van der Waals surface area (Å²) in [4.78, 5) is 0. The van der Waals surface area contributed by atoms with E-state index in [1.54, 1.807) is 0 Å². The maximum Gasteiger partial charge on any atom is 0.213 e. The van der Waals surface area contributed by atoms with Crippen molar-refractivity contribution in [2.24, 2.45) is 5.73 Å². The Bertz CT molecular complexity index is 68.8. The zero-order chi connectivity index (χ0) is 7.28. The van der Waals surface area contributed by atoms with Crippen molar-refractivity contribution in [2.75, 3.05) is 13.7 Å². The van der Waals surface area contributed by atoms with E-state index in [1.165, 1.54) is 7.11 Å². The zero-order valence-electron chi connectivity index (χ0n) is 5.24. The first-order valence-corrected chi connectivity index (χ1v) is 2.54. The van der Waals surface area contributed by atoms with Gasteiger partial charge in [0.05, 0.1) is 0 Å². The van der Waals surface area contributed by atoms with E-state index in [2.05, 4.69) is 10.1 Å². The first-order chi connectivity index (χ1) is 4.16. The molecule has 5 heteroatoms. The molecule has 5 nitrogen and oxygen atoms in total. The largest absolute Gasteiger partial charge is 0.377 e. The number of aliphatic hydroxyl groups excluding tert-OH is 2. The predicted octanol–water partition coefficient (Wildman–Crippen LogP) is -2.22. The number of rotatable bonds is 4. The number of nitrogens with one attached hydrogen (secondary N) is 1. The highest BCUT2D eigenvalue weighted by Crippen LogP contribution is 1.74. The zero-order valence-corrected chi connectivity index (χ0v) is 5.24. The average molecular weight is 136 g/mol. The number of aliphatic hydroxyl groups is 2. The highest BCUT2D eigenvalue weighted by molar-refractivity contribution is 4.47. The lowest BCUT2D eigenvalue weighted by Crippen LogP contribution is -2.40. The fourth-order valence-corrected chi connectivity index (χ4v) is 0.305. The lowest BCUT2D eigenvalue weighted by molar-refractivity contribution is -0.101. The van der Waals surface area contributed by atoms with Crippen molar-refractivity contribution in [2.45, 2.75) is 12.6 Å². The minimum absolute atomic E-state index is 0.106. The van der Waals surface area contributed by atoms with Crippen LogP contribution in [0.1, 0.15) is 0 Å². The molecular formula is C4H12N2O3. The summed E-state index contributed by atoms with van der Waals surface area (Å²) in [5.41, 5.74) is 4.92. The van der Waals surface area contributed by atoms with Gasteiger partial charge in [0, 0.05) is 13.7 Å². The third-order valence-electron chi connectivity index (χ3n) is 0.725. The molecule has 0 bridgehead atoms. The number of nitrogens with two attached hydrogens (primary N) is 1. The van der Waals surface area contributed by atoms with E-state index < -0.39 is 12.6 Å². The minimum atomic E-state index is -1.05. The molecule has 0 aromatic heterocycles. The Morgan fingerprint density at radius 1 is 1.67 bits per heavy atom.